The van der Waals surface area contributed by atoms with Crippen molar-refractivity contribution in [2.45, 2.75) is 6.92 Å². The van der Waals surface area contributed by atoms with Gasteiger partial charge in [0.25, 0.3) is 0 Å². The lowest BCUT2D eigenvalue weighted by Crippen LogP contribution is -2.25. The maximum atomic E-state index is 12.0. The first kappa shape index (κ1) is 14.3. The highest BCUT2D eigenvalue weighted by molar-refractivity contribution is 8.27. The summed E-state index contributed by atoms with van der Waals surface area (Å²) in [5, 5.41) is 5.63. The predicted molar refractivity (Wildman–Crippen MR) is 99.4 cm³/mol. The molecule has 0 amide bonds. The molecule has 0 aromatic heterocycles. The molecule has 1 fully saturated rings. The van der Waals surface area contributed by atoms with Crippen LogP contribution in [0.25, 0.3) is 21.5 Å². The van der Waals surface area contributed by atoms with E-state index in [1.165, 1.54) is 22.5 Å². The minimum absolute atomic E-state index is 0.147. The number of hydrogen-bond donors (Lipinski definition) is 0. The van der Waals surface area contributed by atoms with Crippen LogP contribution >= 0.6 is 11.8 Å². The standard InChI is InChI=1S/C19H16N2OS/c1-2-20-19-21(12-17(22)23-19)18-15-9-5-3-7-13(15)11-14-8-4-6-10-16(14)18/h3-11H,2,12H2,1H3. The lowest BCUT2D eigenvalue weighted by atomic mass is 10.0. The van der Waals surface area contributed by atoms with Crippen LogP contribution in [-0.4, -0.2) is 23.4 Å². The van der Waals surface area contributed by atoms with Gasteiger partial charge >= 0.3 is 0 Å². The minimum atomic E-state index is 0.147. The molecular formula is C19H16N2OS. The van der Waals surface area contributed by atoms with E-state index in [2.05, 4.69) is 40.2 Å². The molecule has 0 spiro atoms. The van der Waals surface area contributed by atoms with Gasteiger partial charge in [0.2, 0.25) is 5.12 Å². The average molecular weight is 320 g/mol. The molecule has 23 heavy (non-hydrogen) atoms. The fourth-order valence-corrected chi connectivity index (χ4v) is 3.95. The number of nitrogens with zero attached hydrogens (tertiary/aromatic N) is 2. The minimum Gasteiger partial charge on any atom is -0.311 e. The summed E-state index contributed by atoms with van der Waals surface area (Å²) in [5.74, 6) is 0. The molecule has 1 saturated heterocycles. The Bertz CT molecular complexity index is 894. The Balaban J connectivity index is 2.07. The van der Waals surface area contributed by atoms with Gasteiger partial charge in [-0.2, -0.15) is 0 Å². The van der Waals surface area contributed by atoms with Crippen molar-refractivity contribution in [1.82, 2.24) is 0 Å². The molecule has 4 rings (SSSR count). The predicted octanol–water partition coefficient (Wildman–Crippen LogP) is 4.45. The van der Waals surface area contributed by atoms with Crippen LogP contribution in [-0.2, 0) is 4.79 Å². The Hall–Kier alpha value is -2.33. The topological polar surface area (TPSA) is 32.7 Å². The zero-order valence-electron chi connectivity index (χ0n) is 12.8. The van der Waals surface area contributed by atoms with Crippen LogP contribution in [0.5, 0.6) is 0 Å². The lowest BCUT2D eigenvalue weighted by molar-refractivity contribution is -0.109. The molecule has 0 unspecified atom stereocenters. The number of aliphatic imine (C=N–C) groups is 1. The Kier molecular flexibility index (Phi) is 3.54. The van der Waals surface area contributed by atoms with Gasteiger partial charge in [-0.05, 0) is 35.5 Å². The van der Waals surface area contributed by atoms with Crippen molar-refractivity contribution in [3.05, 3.63) is 54.6 Å². The van der Waals surface area contributed by atoms with Gasteiger partial charge < -0.3 is 4.90 Å². The van der Waals surface area contributed by atoms with Crippen molar-refractivity contribution < 1.29 is 4.79 Å². The fraction of sp³-hybridized carbons (Fsp3) is 0.158. The van der Waals surface area contributed by atoms with Crippen LogP contribution in [0.3, 0.4) is 0 Å². The first-order valence-electron chi connectivity index (χ1n) is 7.71. The highest BCUT2D eigenvalue weighted by atomic mass is 32.2. The molecular weight excluding hydrogens is 304 g/mol. The summed E-state index contributed by atoms with van der Waals surface area (Å²) in [6.45, 7) is 3.05. The second-order valence-corrected chi connectivity index (χ2v) is 6.51. The molecule has 3 aromatic carbocycles. The monoisotopic (exact) mass is 320 g/mol. The molecule has 1 aliphatic rings. The molecule has 0 aliphatic carbocycles. The normalized spacial score (nSPS) is 16.8. The molecule has 0 N–H and O–H groups in total. The average Bonchev–Trinajstić information content (AvgIpc) is 2.93. The van der Waals surface area contributed by atoms with Crippen molar-refractivity contribution in [2.24, 2.45) is 4.99 Å². The van der Waals surface area contributed by atoms with Crippen LogP contribution in [0.1, 0.15) is 6.92 Å². The van der Waals surface area contributed by atoms with Gasteiger partial charge in [0.1, 0.15) is 0 Å². The number of hydrogen-bond acceptors (Lipinski definition) is 3. The van der Waals surface area contributed by atoms with Crippen LogP contribution in [0.15, 0.2) is 59.6 Å². The molecule has 3 aromatic rings. The first-order valence-corrected chi connectivity index (χ1v) is 8.52. The number of carbonyl (C=O) groups is 1. The third-order valence-corrected chi connectivity index (χ3v) is 4.92. The van der Waals surface area contributed by atoms with E-state index in [1.807, 2.05) is 31.2 Å². The molecule has 0 radical (unpaired) electrons. The summed E-state index contributed by atoms with van der Waals surface area (Å²) in [4.78, 5) is 18.6. The van der Waals surface area contributed by atoms with E-state index in [0.29, 0.717) is 13.1 Å². The van der Waals surface area contributed by atoms with Gasteiger partial charge in [-0.3, -0.25) is 9.79 Å². The third kappa shape index (κ3) is 2.39. The van der Waals surface area contributed by atoms with Gasteiger partial charge in [-0.15, -0.1) is 0 Å². The van der Waals surface area contributed by atoms with E-state index < -0.39 is 0 Å². The Morgan fingerprint density at radius 2 is 1.65 bits per heavy atom. The van der Waals surface area contributed by atoms with Crippen LogP contribution in [0.2, 0.25) is 0 Å². The van der Waals surface area contributed by atoms with E-state index in [0.717, 1.165) is 21.6 Å². The largest absolute Gasteiger partial charge is 0.311 e. The third-order valence-electron chi connectivity index (χ3n) is 4.03. The van der Waals surface area contributed by atoms with Crippen molar-refractivity contribution in [1.29, 1.82) is 0 Å². The second kappa shape index (κ2) is 5.70. The summed E-state index contributed by atoms with van der Waals surface area (Å²) in [6, 6.07) is 18.9. The lowest BCUT2D eigenvalue weighted by Gasteiger charge is -2.22. The molecule has 4 heteroatoms. The molecule has 3 nitrogen and oxygen atoms in total. The Labute approximate surface area is 139 Å². The summed E-state index contributed by atoms with van der Waals surface area (Å²) < 4.78 is 0. The number of anilines is 1. The van der Waals surface area contributed by atoms with Crippen molar-refractivity contribution in [3.63, 3.8) is 0 Å². The summed E-state index contributed by atoms with van der Waals surface area (Å²) >= 11 is 1.25. The van der Waals surface area contributed by atoms with Gasteiger partial charge in [0, 0.05) is 17.3 Å². The maximum absolute atomic E-state index is 12.0. The SMILES string of the molecule is CCN=C1SC(=O)CN1c1c2ccccc2cc2ccccc12. The maximum Gasteiger partial charge on any atom is 0.216 e. The van der Waals surface area contributed by atoms with Crippen LogP contribution in [0, 0.1) is 0 Å². The van der Waals surface area contributed by atoms with Crippen LogP contribution in [0.4, 0.5) is 5.69 Å². The quantitative estimate of drug-likeness (QED) is 0.654. The first-order chi connectivity index (χ1) is 11.3. The van der Waals surface area contributed by atoms with Crippen LogP contribution < -0.4 is 4.90 Å². The number of amidine groups is 1. The van der Waals surface area contributed by atoms with Crippen molar-refractivity contribution in [3.8, 4) is 0 Å². The number of thioether (sulfide) groups is 1. The zero-order chi connectivity index (χ0) is 15.8. The number of rotatable bonds is 2. The summed E-state index contributed by atoms with van der Waals surface area (Å²) in [5.41, 5.74) is 1.09. The van der Waals surface area contributed by atoms with E-state index >= 15 is 0 Å². The highest BCUT2D eigenvalue weighted by Gasteiger charge is 2.30. The molecule has 1 heterocycles. The Morgan fingerprint density at radius 3 is 2.26 bits per heavy atom. The number of carbonyl (C=O) groups excluding carboxylic acids is 1. The number of fused-ring (bicyclic) bond motifs is 2. The smallest absolute Gasteiger partial charge is 0.216 e. The van der Waals surface area contributed by atoms with Crippen molar-refractivity contribution >= 4 is 49.3 Å². The molecule has 0 saturated carbocycles. The van der Waals surface area contributed by atoms with Gasteiger partial charge in [-0.25, -0.2) is 0 Å². The van der Waals surface area contributed by atoms with E-state index in [4.69, 9.17) is 0 Å². The molecule has 1 aliphatic heterocycles. The Morgan fingerprint density at radius 1 is 1.04 bits per heavy atom. The summed E-state index contributed by atoms with van der Waals surface area (Å²) in [7, 11) is 0. The molecule has 0 bridgehead atoms. The molecule has 114 valence electrons. The van der Waals surface area contributed by atoms with Gasteiger partial charge in [-0.1, -0.05) is 48.5 Å². The van der Waals surface area contributed by atoms with E-state index in [-0.39, 0.29) is 5.12 Å². The van der Waals surface area contributed by atoms with Gasteiger partial charge in [0.15, 0.2) is 5.17 Å². The van der Waals surface area contributed by atoms with Gasteiger partial charge in [0.05, 0.1) is 12.2 Å². The van der Waals surface area contributed by atoms with Crippen molar-refractivity contribution in [2.75, 3.05) is 18.0 Å². The number of benzene rings is 3. The molecule has 0 atom stereocenters. The van der Waals surface area contributed by atoms with E-state index in [9.17, 15) is 4.79 Å². The highest BCUT2D eigenvalue weighted by Crippen LogP contribution is 2.39. The summed E-state index contributed by atoms with van der Waals surface area (Å²) in [6.07, 6.45) is 0. The van der Waals surface area contributed by atoms with E-state index in [1.54, 1.807) is 0 Å². The fourth-order valence-electron chi connectivity index (χ4n) is 3.09. The second-order valence-electron chi connectivity index (χ2n) is 5.48. The zero-order valence-corrected chi connectivity index (χ0v) is 13.6.